The molecule has 82 valence electrons. The molecule has 6 heteroatoms. The first-order valence-electron chi connectivity index (χ1n) is 4.45. The number of carbonyl (C=O) groups excluding carboxylic acids is 1. The maximum absolute atomic E-state index is 11.3. The second kappa shape index (κ2) is 6.06. The van der Waals surface area contributed by atoms with Gasteiger partial charge >= 0.3 is 0 Å². The van der Waals surface area contributed by atoms with Crippen LogP contribution >= 0.6 is 0 Å². The molecule has 0 atom stereocenters. The molecule has 0 aromatic heterocycles. The van der Waals surface area contributed by atoms with E-state index in [-0.39, 0.29) is 18.4 Å². The van der Waals surface area contributed by atoms with Crippen molar-refractivity contribution in [2.45, 2.75) is 13.3 Å². The lowest BCUT2D eigenvalue weighted by Gasteiger charge is -2.22. The van der Waals surface area contributed by atoms with Crippen molar-refractivity contribution < 1.29 is 10.0 Å². The summed E-state index contributed by atoms with van der Waals surface area (Å²) >= 11 is 0. The molecule has 0 unspecified atom stereocenters. The molecule has 0 saturated heterocycles. The summed E-state index contributed by atoms with van der Waals surface area (Å²) in [6, 6.07) is 0. The Hall–Kier alpha value is -1.46. The van der Waals surface area contributed by atoms with Crippen molar-refractivity contribution in [1.29, 1.82) is 0 Å². The molecule has 1 amide bonds. The van der Waals surface area contributed by atoms with Gasteiger partial charge in [0, 0.05) is 20.6 Å². The molecular weight excluding hydrogens is 184 g/mol. The normalized spacial score (nSPS) is 11.2. The number of rotatable bonds is 4. The van der Waals surface area contributed by atoms with E-state index in [1.807, 2.05) is 6.92 Å². The molecule has 6 nitrogen and oxygen atoms in total. The minimum Gasteiger partial charge on any atom is -0.408 e. The molecule has 14 heavy (non-hydrogen) atoms. The number of likely N-dealkylation sites (N-methyl/N-ethyl adjacent to an activating group) is 1. The molecule has 0 aliphatic heterocycles. The van der Waals surface area contributed by atoms with E-state index in [0.717, 1.165) is 6.42 Å². The first kappa shape index (κ1) is 12.5. The van der Waals surface area contributed by atoms with Gasteiger partial charge in [-0.05, 0) is 6.42 Å². The Kier molecular flexibility index (Phi) is 5.43. The van der Waals surface area contributed by atoms with Crippen molar-refractivity contribution in [3.63, 3.8) is 0 Å². The Labute approximate surface area is 84.0 Å². The molecule has 0 radical (unpaired) electrons. The molecule has 0 saturated carbocycles. The number of hydrogen-bond donors (Lipinski definition) is 2. The molecule has 0 aliphatic carbocycles. The van der Waals surface area contributed by atoms with E-state index in [0.29, 0.717) is 6.54 Å². The average molecular weight is 202 g/mol. The summed E-state index contributed by atoms with van der Waals surface area (Å²) in [5.41, 5.74) is 5.41. The topological polar surface area (TPSA) is 82.2 Å². The molecular formula is C8H18N4O2. The number of oxime groups is 1. The predicted molar refractivity (Wildman–Crippen MR) is 54.0 cm³/mol. The van der Waals surface area contributed by atoms with Crippen LogP contribution in [-0.4, -0.2) is 54.1 Å². The molecule has 0 fully saturated rings. The van der Waals surface area contributed by atoms with Crippen LogP contribution in [0.1, 0.15) is 13.3 Å². The van der Waals surface area contributed by atoms with Gasteiger partial charge in [0.05, 0.1) is 6.54 Å². The van der Waals surface area contributed by atoms with Crippen LogP contribution in [0.4, 0.5) is 0 Å². The van der Waals surface area contributed by atoms with E-state index in [1.54, 1.807) is 14.1 Å². The number of nitrogens with two attached hydrogens (primary N) is 1. The maximum atomic E-state index is 11.3. The first-order valence-corrected chi connectivity index (χ1v) is 4.45. The minimum atomic E-state index is -0.0787. The lowest BCUT2D eigenvalue weighted by atomic mass is 10.4. The molecule has 0 rings (SSSR count). The van der Waals surface area contributed by atoms with Crippen molar-refractivity contribution in [2.24, 2.45) is 10.9 Å². The fraction of sp³-hybridized carbons (Fsp3) is 0.750. The fourth-order valence-electron chi connectivity index (χ4n) is 0.912. The highest BCUT2D eigenvalue weighted by Gasteiger charge is 2.13. The van der Waals surface area contributed by atoms with Gasteiger partial charge < -0.3 is 20.7 Å². The minimum absolute atomic E-state index is 0.0259. The van der Waals surface area contributed by atoms with Crippen molar-refractivity contribution >= 4 is 11.9 Å². The van der Waals surface area contributed by atoms with Crippen LogP contribution in [0.2, 0.25) is 0 Å². The lowest BCUT2D eigenvalue weighted by molar-refractivity contribution is -0.129. The van der Waals surface area contributed by atoms with Gasteiger partial charge in [0.15, 0.2) is 0 Å². The highest BCUT2D eigenvalue weighted by molar-refractivity contribution is 5.85. The fourth-order valence-corrected chi connectivity index (χ4v) is 0.912. The Balaban J connectivity index is 4.30. The van der Waals surface area contributed by atoms with E-state index in [9.17, 15) is 4.79 Å². The highest BCUT2D eigenvalue weighted by atomic mass is 16.4. The summed E-state index contributed by atoms with van der Waals surface area (Å²) in [4.78, 5) is 14.3. The number of hydrogen-bond acceptors (Lipinski definition) is 3. The van der Waals surface area contributed by atoms with Gasteiger partial charge in [-0.3, -0.25) is 4.79 Å². The molecule has 0 bridgehead atoms. The smallest absolute Gasteiger partial charge is 0.241 e. The van der Waals surface area contributed by atoms with Crippen LogP contribution in [0.3, 0.4) is 0 Å². The third-order valence-corrected chi connectivity index (χ3v) is 1.74. The summed E-state index contributed by atoms with van der Waals surface area (Å²) in [6.07, 6.45) is 0.830. The summed E-state index contributed by atoms with van der Waals surface area (Å²) in [5, 5.41) is 11.3. The molecule has 0 aromatic rings. The van der Waals surface area contributed by atoms with E-state index in [1.165, 1.54) is 9.80 Å². The number of carbonyl (C=O) groups is 1. The zero-order valence-corrected chi connectivity index (χ0v) is 8.90. The third kappa shape index (κ3) is 3.97. The van der Waals surface area contributed by atoms with Crippen molar-refractivity contribution in [2.75, 3.05) is 27.2 Å². The van der Waals surface area contributed by atoms with Crippen molar-refractivity contribution in [1.82, 2.24) is 9.80 Å². The summed E-state index contributed by atoms with van der Waals surface area (Å²) in [7, 11) is 3.33. The monoisotopic (exact) mass is 202 g/mol. The number of guanidine groups is 1. The molecule has 0 aromatic carbocycles. The van der Waals surface area contributed by atoms with E-state index in [2.05, 4.69) is 5.16 Å². The summed E-state index contributed by atoms with van der Waals surface area (Å²) in [6.45, 7) is 2.68. The van der Waals surface area contributed by atoms with E-state index < -0.39 is 0 Å². The van der Waals surface area contributed by atoms with Gasteiger partial charge in [-0.25, -0.2) is 0 Å². The SMILES string of the molecule is CCCN(CC(=O)N(C)C)C(N)=NO. The van der Waals surface area contributed by atoms with Crippen LogP contribution in [0, 0.1) is 0 Å². The van der Waals surface area contributed by atoms with Crippen LogP contribution in [0.15, 0.2) is 5.16 Å². The van der Waals surface area contributed by atoms with E-state index in [4.69, 9.17) is 10.9 Å². The zero-order chi connectivity index (χ0) is 11.1. The average Bonchev–Trinajstić information content (AvgIpc) is 2.15. The van der Waals surface area contributed by atoms with E-state index >= 15 is 0 Å². The van der Waals surface area contributed by atoms with Crippen LogP contribution in [0.5, 0.6) is 0 Å². The van der Waals surface area contributed by atoms with Gasteiger partial charge in [-0.15, -0.1) is 0 Å². The predicted octanol–water partition coefficient (Wildman–Crippen LogP) is -0.509. The summed E-state index contributed by atoms with van der Waals surface area (Å²) < 4.78 is 0. The van der Waals surface area contributed by atoms with Gasteiger partial charge in [-0.1, -0.05) is 12.1 Å². The molecule has 0 spiro atoms. The number of nitrogens with zero attached hydrogens (tertiary/aromatic N) is 3. The first-order chi connectivity index (χ1) is 6.52. The standard InChI is InChI=1S/C8H18N4O2/c1-4-5-12(8(9)10-14)6-7(13)11(2)3/h14H,4-6H2,1-3H3,(H2,9,10). The van der Waals surface area contributed by atoms with Crippen LogP contribution < -0.4 is 5.73 Å². The second-order valence-corrected chi connectivity index (χ2v) is 3.17. The quantitative estimate of drug-likeness (QED) is 0.278. The number of amides is 1. The maximum Gasteiger partial charge on any atom is 0.241 e. The van der Waals surface area contributed by atoms with Crippen LogP contribution in [-0.2, 0) is 4.79 Å². The largest absolute Gasteiger partial charge is 0.408 e. The molecule has 3 N–H and O–H groups in total. The zero-order valence-electron chi connectivity index (χ0n) is 8.90. The Morgan fingerprint density at radius 2 is 2.07 bits per heavy atom. The summed E-state index contributed by atoms with van der Waals surface area (Å²) in [5.74, 6) is -0.105. The Morgan fingerprint density at radius 3 is 2.43 bits per heavy atom. The highest BCUT2D eigenvalue weighted by Crippen LogP contribution is 1.93. The Bertz CT molecular complexity index is 215. The van der Waals surface area contributed by atoms with Crippen molar-refractivity contribution in [3.05, 3.63) is 0 Å². The van der Waals surface area contributed by atoms with Crippen molar-refractivity contribution in [3.8, 4) is 0 Å². The lowest BCUT2D eigenvalue weighted by Crippen LogP contribution is -2.44. The van der Waals surface area contributed by atoms with Gasteiger partial charge in [0.25, 0.3) is 0 Å². The van der Waals surface area contributed by atoms with Gasteiger partial charge in [0.1, 0.15) is 0 Å². The Morgan fingerprint density at radius 1 is 1.50 bits per heavy atom. The molecule has 0 heterocycles. The molecule has 0 aliphatic rings. The third-order valence-electron chi connectivity index (χ3n) is 1.74. The van der Waals surface area contributed by atoms with Gasteiger partial charge in [0.2, 0.25) is 11.9 Å². The van der Waals surface area contributed by atoms with Gasteiger partial charge in [-0.2, -0.15) is 0 Å². The van der Waals surface area contributed by atoms with Crippen LogP contribution in [0.25, 0.3) is 0 Å². The second-order valence-electron chi connectivity index (χ2n) is 3.17.